The Bertz CT molecular complexity index is 782. The number of aliphatic hydroxyl groups excluding tert-OH is 1. The molecule has 0 bridgehead atoms. The van der Waals surface area contributed by atoms with Crippen LogP contribution in [0.2, 0.25) is 0 Å². The standard InChI is InChI=1S/C22H25NO3/c1-22(2,3)23-21(25)26-15-14-20(24)19-11-7-10-18(16-19)13-12-17-8-5-4-6-9-17/h4-11,16,20,24H,14-15H2,1-3H3,(H,23,25). The molecular formula is C22H25NO3. The molecule has 4 nitrogen and oxygen atoms in total. The fraction of sp³-hybridized carbons (Fsp3) is 0.318. The summed E-state index contributed by atoms with van der Waals surface area (Å²) in [5, 5.41) is 13.0. The molecule has 26 heavy (non-hydrogen) atoms. The Labute approximate surface area is 155 Å². The number of alkyl carbamates (subject to hydrolysis) is 1. The van der Waals surface area contributed by atoms with Crippen LogP contribution in [0.15, 0.2) is 54.6 Å². The van der Waals surface area contributed by atoms with E-state index >= 15 is 0 Å². The molecule has 1 unspecified atom stereocenters. The molecule has 2 aromatic rings. The minimum absolute atomic E-state index is 0.142. The van der Waals surface area contributed by atoms with Crippen molar-refractivity contribution < 1.29 is 14.6 Å². The predicted molar refractivity (Wildman–Crippen MR) is 103 cm³/mol. The molecule has 0 aliphatic rings. The van der Waals surface area contributed by atoms with Gasteiger partial charge >= 0.3 is 6.09 Å². The molecule has 2 aromatic carbocycles. The van der Waals surface area contributed by atoms with Crippen molar-refractivity contribution in [3.8, 4) is 11.8 Å². The lowest BCUT2D eigenvalue weighted by molar-refractivity contribution is 0.101. The molecule has 136 valence electrons. The van der Waals surface area contributed by atoms with Crippen LogP contribution in [0.4, 0.5) is 4.79 Å². The molecule has 0 aliphatic heterocycles. The predicted octanol–water partition coefficient (Wildman–Crippen LogP) is 4.03. The molecule has 1 atom stereocenters. The summed E-state index contributed by atoms with van der Waals surface area (Å²) in [7, 11) is 0. The highest BCUT2D eigenvalue weighted by Gasteiger charge is 2.15. The maximum atomic E-state index is 11.6. The fourth-order valence-corrected chi connectivity index (χ4v) is 2.26. The SMILES string of the molecule is CC(C)(C)NC(=O)OCCC(O)c1cccc(C#Cc2ccccc2)c1. The number of benzene rings is 2. The van der Waals surface area contributed by atoms with Gasteiger partial charge in [-0.15, -0.1) is 0 Å². The van der Waals surface area contributed by atoms with Gasteiger partial charge in [0, 0.05) is 23.1 Å². The molecule has 0 heterocycles. The minimum atomic E-state index is -0.712. The Kier molecular flexibility index (Phi) is 6.82. The van der Waals surface area contributed by atoms with E-state index in [1.807, 2.05) is 75.4 Å². The molecule has 0 saturated heterocycles. The van der Waals surface area contributed by atoms with E-state index in [9.17, 15) is 9.90 Å². The molecule has 4 heteroatoms. The minimum Gasteiger partial charge on any atom is -0.449 e. The number of hydrogen-bond donors (Lipinski definition) is 2. The van der Waals surface area contributed by atoms with E-state index < -0.39 is 12.2 Å². The molecule has 0 radical (unpaired) electrons. The van der Waals surface area contributed by atoms with Gasteiger partial charge in [-0.2, -0.15) is 0 Å². The Morgan fingerprint density at radius 1 is 1.08 bits per heavy atom. The summed E-state index contributed by atoms with van der Waals surface area (Å²) in [6.07, 6.45) is -0.865. The molecule has 2 rings (SSSR count). The van der Waals surface area contributed by atoms with Crippen molar-refractivity contribution in [1.29, 1.82) is 0 Å². The summed E-state index contributed by atoms with van der Waals surface area (Å²) >= 11 is 0. The van der Waals surface area contributed by atoms with E-state index in [0.717, 1.165) is 16.7 Å². The first-order valence-corrected chi connectivity index (χ1v) is 8.63. The summed E-state index contributed by atoms with van der Waals surface area (Å²) in [6.45, 7) is 5.78. The van der Waals surface area contributed by atoms with Gasteiger partial charge in [0.1, 0.15) is 0 Å². The molecule has 0 aromatic heterocycles. The van der Waals surface area contributed by atoms with E-state index in [-0.39, 0.29) is 12.1 Å². The smallest absolute Gasteiger partial charge is 0.407 e. The van der Waals surface area contributed by atoms with E-state index in [1.165, 1.54) is 0 Å². The Morgan fingerprint density at radius 2 is 1.73 bits per heavy atom. The summed E-state index contributed by atoms with van der Waals surface area (Å²) < 4.78 is 5.11. The van der Waals surface area contributed by atoms with Crippen molar-refractivity contribution in [1.82, 2.24) is 5.32 Å². The van der Waals surface area contributed by atoms with E-state index in [0.29, 0.717) is 6.42 Å². The first kappa shape index (κ1) is 19.6. The molecule has 0 spiro atoms. The lowest BCUT2D eigenvalue weighted by atomic mass is 10.0. The number of rotatable bonds is 4. The lowest BCUT2D eigenvalue weighted by Gasteiger charge is -2.20. The van der Waals surface area contributed by atoms with Crippen molar-refractivity contribution >= 4 is 6.09 Å². The zero-order valence-electron chi connectivity index (χ0n) is 15.5. The number of ether oxygens (including phenoxy) is 1. The van der Waals surface area contributed by atoms with Crippen molar-refractivity contribution in [3.63, 3.8) is 0 Å². The van der Waals surface area contributed by atoms with Gasteiger partial charge in [0.15, 0.2) is 0 Å². The normalized spacial score (nSPS) is 11.8. The number of carbonyl (C=O) groups is 1. The van der Waals surface area contributed by atoms with Crippen LogP contribution in [0, 0.1) is 11.8 Å². The van der Waals surface area contributed by atoms with Crippen LogP contribution in [0.1, 0.15) is 50.0 Å². The summed E-state index contributed by atoms with van der Waals surface area (Å²) in [5.41, 5.74) is 2.18. The van der Waals surface area contributed by atoms with Gasteiger partial charge in [-0.25, -0.2) is 4.79 Å². The zero-order valence-corrected chi connectivity index (χ0v) is 15.5. The number of carbonyl (C=O) groups excluding carboxylic acids is 1. The third-order valence-corrected chi connectivity index (χ3v) is 3.50. The molecule has 0 saturated carbocycles. The lowest BCUT2D eigenvalue weighted by Crippen LogP contribution is -2.41. The maximum absolute atomic E-state index is 11.6. The molecule has 2 N–H and O–H groups in total. The highest BCUT2D eigenvalue weighted by Crippen LogP contribution is 2.18. The van der Waals surface area contributed by atoms with Crippen LogP contribution >= 0.6 is 0 Å². The van der Waals surface area contributed by atoms with Crippen LogP contribution in [0.25, 0.3) is 0 Å². The Morgan fingerprint density at radius 3 is 2.42 bits per heavy atom. The summed E-state index contributed by atoms with van der Waals surface area (Å²) in [4.78, 5) is 11.6. The van der Waals surface area contributed by atoms with Crippen LogP contribution < -0.4 is 5.32 Å². The second-order valence-corrected chi connectivity index (χ2v) is 7.06. The van der Waals surface area contributed by atoms with Gasteiger partial charge in [-0.3, -0.25) is 0 Å². The number of nitrogens with one attached hydrogen (secondary N) is 1. The second-order valence-electron chi connectivity index (χ2n) is 7.06. The number of aliphatic hydroxyl groups is 1. The van der Waals surface area contributed by atoms with Gasteiger partial charge < -0.3 is 15.2 Å². The van der Waals surface area contributed by atoms with Crippen molar-refractivity contribution in [3.05, 3.63) is 71.3 Å². The van der Waals surface area contributed by atoms with Gasteiger partial charge in [-0.1, -0.05) is 42.2 Å². The van der Waals surface area contributed by atoms with E-state index in [4.69, 9.17) is 4.74 Å². The van der Waals surface area contributed by atoms with Crippen LogP contribution in [-0.4, -0.2) is 23.3 Å². The second kappa shape index (κ2) is 9.07. The van der Waals surface area contributed by atoms with Gasteiger partial charge in [-0.05, 0) is 50.6 Å². The summed E-state index contributed by atoms with van der Waals surface area (Å²) in [6, 6.07) is 17.2. The fourth-order valence-electron chi connectivity index (χ4n) is 2.26. The highest BCUT2D eigenvalue weighted by molar-refractivity contribution is 5.68. The van der Waals surface area contributed by atoms with Gasteiger partial charge in [0.25, 0.3) is 0 Å². The topological polar surface area (TPSA) is 58.6 Å². The average molecular weight is 351 g/mol. The Balaban J connectivity index is 1.91. The zero-order chi connectivity index (χ0) is 19.0. The van der Waals surface area contributed by atoms with E-state index in [1.54, 1.807) is 0 Å². The van der Waals surface area contributed by atoms with E-state index in [2.05, 4.69) is 17.2 Å². The number of amides is 1. The molecular weight excluding hydrogens is 326 g/mol. The maximum Gasteiger partial charge on any atom is 0.407 e. The van der Waals surface area contributed by atoms with Gasteiger partial charge in [0.2, 0.25) is 0 Å². The largest absolute Gasteiger partial charge is 0.449 e. The summed E-state index contributed by atoms with van der Waals surface area (Å²) in [5.74, 6) is 6.20. The monoisotopic (exact) mass is 351 g/mol. The van der Waals surface area contributed by atoms with Crippen LogP contribution in [-0.2, 0) is 4.74 Å². The molecule has 0 aliphatic carbocycles. The average Bonchev–Trinajstić information content (AvgIpc) is 2.59. The van der Waals surface area contributed by atoms with Crippen LogP contribution in [0.3, 0.4) is 0 Å². The van der Waals surface area contributed by atoms with Crippen molar-refractivity contribution in [2.24, 2.45) is 0 Å². The number of hydrogen-bond acceptors (Lipinski definition) is 3. The quantitative estimate of drug-likeness (QED) is 0.818. The van der Waals surface area contributed by atoms with Gasteiger partial charge in [0.05, 0.1) is 12.7 Å². The van der Waals surface area contributed by atoms with Crippen molar-refractivity contribution in [2.75, 3.05) is 6.61 Å². The third kappa shape index (κ3) is 7.00. The van der Waals surface area contributed by atoms with Crippen LogP contribution in [0.5, 0.6) is 0 Å². The molecule has 1 amide bonds. The third-order valence-electron chi connectivity index (χ3n) is 3.50. The highest BCUT2D eigenvalue weighted by atomic mass is 16.5. The first-order valence-electron chi connectivity index (χ1n) is 8.63. The first-order chi connectivity index (χ1) is 12.3. The Hall–Kier alpha value is -2.77. The van der Waals surface area contributed by atoms with Crippen molar-refractivity contribution in [2.45, 2.75) is 38.8 Å². The molecule has 0 fully saturated rings.